The van der Waals surface area contributed by atoms with Gasteiger partial charge in [-0.25, -0.2) is 0 Å². The Balaban J connectivity index is 1.20. The molecule has 0 aromatic heterocycles. The Bertz CT molecular complexity index is 1020. The van der Waals surface area contributed by atoms with Crippen LogP contribution in [-0.4, -0.2) is 42.9 Å². The topological polar surface area (TPSA) is 61.4 Å². The Kier molecular flexibility index (Phi) is 6.95. The van der Waals surface area contributed by atoms with Gasteiger partial charge < -0.3 is 10.6 Å². The summed E-state index contributed by atoms with van der Waals surface area (Å²) in [6, 6.07) is 24.2. The number of carbonyl (C=O) groups excluding carboxylic acids is 2. The summed E-state index contributed by atoms with van der Waals surface area (Å²) in [7, 11) is 0. The van der Waals surface area contributed by atoms with Gasteiger partial charge in [0.1, 0.15) is 0 Å². The molecule has 0 unspecified atom stereocenters. The molecule has 5 heteroatoms. The van der Waals surface area contributed by atoms with E-state index in [1.54, 1.807) is 0 Å². The molecule has 0 bridgehead atoms. The van der Waals surface area contributed by atoms with Gasteiger partial charge in [0, 0.05) is 23.5 Å². The van der Waals surface area contributed by atoms with Gasteiger partial charge in [-0.1, -0.05) is 66.7 Å². The maximum absolute atomic E-state index is 12.6. The first kappa shape index (κ1) is 21.1. The molecule has 1 heterocycles. The van der Waals surface area contributed by atoms with E-state index < -0.39 is 0 Å². The van der Waals surface area contributed by atoms with Gasteiger partial charge in [-0.05, 0) is 49.4 Å². The zero-order chi connectivity index (χ0) is 21.5. The molecule has 31 heavy (non-hydrogen) atoms. The number of piperidine rings is 1. The minimum absolute atomic E-state index is 0.0119. The van der Waals surface area contributed by atoms with E-state index in [1.165, 1.54) is 5.56 Å². The zero-order valence-electron chi connectivity index (χ0n) is 17.7. The van der Waals surface area contributed by atoms with E-state index in [9.17, 15) is 9.59 Å². The lowest BCUT2D eigenvalue weighted by atomic mass is 9.96. The van der Waals surface area contributed by atoms with Crippen LogP contribution in [0.5, 0.6) is 0 Å². The van der Waals surface area contributed by atoms with Gasteiger partial charge in [0.25, 0.3) is 0 Å². The molecule has 1 fully saturated rings. The SMILES string of the molecule is O=C(CN1CCC(C(=O)NCCc2ccccc2)CC1)Nc1cccc2ccccc12. The summed E-state index contributed by atoms with van der Waals surface area (Å²) in [5, 5.41) is 8.28. The summed E-state index contributed by atoms with van der Waals surface area (Å²) < 4.78 is 0. The Hall–Kier alpha value is -3.18. The van der Waals surface area contributed by atoms with Crippen LogP contribution >= 0.6 is 0 Å². The third-order valence-corrected chi connectivity index (χ3v) is 5.95. The molecule has 0 atom stereocenters. The van der Waals surface area contributed by atoms with Gasteiger partial charge in [-0.2, -0.15) is 0 Å². The van der Waals surface area contributed by atoms with Crippen molar-refractivity contribution >= 4 is 28.3 Å². The van der Waals surface area contributed by atoms with Crippen LogP contribution in [0.25, 0.3) is 10.8 Å². The van der Waals surface area contributed by atoms with Gasteiger partial charge in [0.05, 0.1) is 6.54 Å². The molecule has 4 rings (SSSR count). The van der Waals surface area contributed by atoms with Gasteiger partial charge >= 0.3 is 0 Å². The van der Waals surface area contributed by atoms with Crippen LogP contribution in [0.3, 0.4) is 0 Å². The number of hydrogen-bond donors (Lipinski definition) is 2. The predicted octanol–water partition coefficient (Wildman–Crippen LogP) is 3.85. The van der Waals surface area contributed by atoms with Crippen LogP contribution in [-0.2, 0) is 16.0 Å². The second-order valence-electron chi connectivity index (χ2n) is 8.15. The van der Waals surface area contributed by atoms with Crippen LogP contribution in [0.1, 0.15) is 18.4 Å². The fourth-order valence-corrected chi connectivity index (χ4v) is 4.20. The van der Waals surface area contributed by atoms with Crippen LogP contribution in [0.2, 0.25) is 0 Å². The Morgan fingerprint density at radius 1 is 0.871 bits per heavy atom. The van der Waals surface area contributed by atoms with E-state index in [4.69, 9.17) is 0 Å². The number of carbonyl (C=O) groups is 2. The van der Waals surface area contributed by atoms with Crippen LogP contribution in [0, 0.1) is 5.92 Å². The van der Waals surface area contributed by atoms with E-state index in [2.05, 4.69) is 27.7 Å². The van der Waals surface area contributed by atoms with Crippen molar-refractivity contribution in [2.45, 2.75) is 19.3 Å². The number of rotatable bonds is 7. The third-order valence-electron chi connectivity index (χ3n) is 5.95. The molecule has 160 valence electrons. The number of likely N-dealkylation sites (tertiary alicyclic amines) is 1. The van der Waals surface area contributed by atoms with Crippen molar-refractivity contribution < 1.29 is 9.59 Å². The van der Waals surface area contributed by atoms with E-state index in [0.717, 1.165) is 48.8 Å². The first-order valence-electron chi connectivity index (χ1n) is 11.0. The molecule has 0 radical (unpaired) electrons. The highest BCUT2D eigenvalue weighted by atomic mass is 16.2. The number of benzene rings is 3. The highest BCUT2D eigenvalue weighted by Gasteiger charge is 2.25. The molecule has 2 N–H and O–H groups in total. The lowest BCUT2D eigenvalue weighted by molar-refractivity contribution is -0.126. The Morgan fingerprint density at radius 3 is 2.39 bits per heavy atom. The standard InChI is InChI=1S/C26H29N3O2/c30-25(28-24-12-6-10-21-9-4-5-11-23(21)24)19-29-17-14-22(15-18-29)26(31)27-16-13-20-7-2-1-3-8-20/h1-12,22H,13-19H2,(H,27,31)(H,28,30). The first-order valence-corrected chi connectivity index (χ1v) is 11.0. The second-order valence-corrected chi connectivity index (χ2v) is 8.15. The fraction of sp³-hybridized carbons (Fsp3) is 0.308. The summed E-state index contributed by atoms with van der Waals surface area (Å²) in [6.45, 7) is 2.54. The van der Waals surface area contributed by atoms with E-state index >= 15 is 0 Å². The van der Waals surface area contributed by atoms with Gasteiger partial charge in [0.2, 0.25) is 11.8 Å². The summed E-state index contributed by atoms with van der Waals surface area (Å²) in [5.41, 5.74) is 2.07. The lowest BCUT2D eigenvalue weighted by Crippen LogP contribution is -2.43. The lowest BCUT2D eigenvalue weighted by Gasteiger charge is -2.30. The Morgan fingerprint density at radius 2 is 1.58 bits per heavy atom. The van der Waals surface area contributed by atoms with E-state index in [-0.39, 0.29) is 17.7 Å². The van der Waals surface area contributed by atoms with Crippen molar-refractivity contribution in [2.75, 3.05) is 31.5 Å². The predicted molar refractivity (Wildman–Crippen MR) is 125 cm³/mol. The molecular formula is C26H29N3O2. The fourth-order valence-electron chi connectivity index (χ4n) is 4.20. The largest absolute Gasteiger partial charge is 0.356 e. The number of nitrogens with one attached hydrogen (secondary N) is 2. The number of anilines is 1. The molecule has 1 aliphatic heterocycles. The molecule has 1 saturated heterocycles. The van der Waals surface area contributed by atoms with Crippen LogP contribution in [0.4, 0.5) is 5.69 Å². The van der Waals surface area contributed by atoms with Crippen LogP contribution < -0.4 is 10.6 Å². The van der Waals surface area contributed by atoms with Gasteiger partial charge in [-0.3, -0.25) is 14.5 Å². The third kappa shape index (κ3) is 5.70. The molecule has 0 aliphatic carbocycles. The molecule has 2 amide bonds. The van der Waals surface area contributed by atoms with Crippen molar-refractivity contribution in [1.82, 2.24) is 10.2 Å². The maximum Gasteiger partial charge on any atom is 0.238 e. The van der Waals surface area contributed by atoms with E-state index in [1.807, 2.05) is 60.7 Å². The summed E-state index contributed by atoms with van der Waals surface area (Å²) >= 11 is 0. The minimum atomic E-state index is -0.0119. The highest BCUT2D eigenvalue weighted by molar-refractivity contribution is 6.02. The molecule has 1 aliphatic rings. The number of amides is 2. The summed E-state index contributed by atoms with van der Waals surface area (Å²) in [6.07, 6.45) is 2.43. The molecular weight excluding hydrogens is 386 g/mol. The highest BCUT2D eigenvalue weighted by Crippen LogP contribution is 2.23. The average molecular weight is 416 g/mol. The van der Waals surface area contributed by atoms with Crippen molar-refractivity contribution in [3.05, 3.63) is 78.4 Å². The smallest absolute Gasteiger partial charge is 0.238 e. The molecule has 0 saturated carbocycles. The van der Waals surface area contributed by atoms with Crippen molar-refractivity contribution in [2.24, 2.45) is 5.92 Å². The number of fused-ring (bicyclic) bond motifs is 1. The van der Waals surface area contributed by atoms with Gasteiger partial charge in [-0.15, -0.1) is 0 Å². The molecule has 5 nitrogen and oxygen atoms in total. The van der Waals surface area contributed by atoms with Gasteiger partial charge in [0.15, 0.2) is 0 Å². The number of nitrogens with zero attached hydrogens (tertiary/aromatic N) is 1. The minimum Gasteiger partial charge on any atom is -0.356 e. The normalized spacial score (nSPS) is 15.0. The van der Waals surface area contributed by atoms with Crippen molar-refractivity contribution in [1.29, 1.82) is 0 Å². The van der Waals surface area contributed by atoms with Crippen molar-refractivity contribution in [3.63, 3.8) is 0 Å². The Labute approximate surface area is 183 Å². The maximum atomic E-state index is 12.6. The zero-order valence-corrected chi connectivity index (χ0v) is 17.7. The van der Waals surface area contributed by atoms with Crippen LogP contribution in [0.15, 0.2) is 72.8 Å². The van der Waals surface area contributed by atoms with E-state index in [0.29, 0.717) is 13.1 Å². The average Bonchev–Trinajstić information content (AvgIpc) is 2.80. The van der Waals surface area contributed by atoms with Crippen molar-refractivity contribution in [3.8, 4) is 0 Å². The second kappa shape index (κ2) is 10.2. The monoisotopic (exact) mass is 415 g/mol. The molecule has 0 spiro atoms. The number of hydrogen-bond acceptors (Lipinski definition) is 3. The summed E-state index contributed by atoms with van der Waals surface area (Å²) in [5.74, 6) is 0.158. The first-order chi connectivity index (χ1) is 15.2. The quantitative estimate of drug-likeness (QED) is 0.616. The summed E-state index contributed by atoms with van der Waals surface area (Å²) in [4.78, 5) is 27.2. The molecule has 3 aromatic rings. The molecule has 3 aromatic carbocycles.